The summed E-state index contributed by atoms with van der Waals surface area (Å²) >= 11 is 0. The summed E-state index contributed by atoms with van der Waals surface area (Å²) in [6.45, 7) is 3.89. The molecule has 0 aliphatic rings. The van der Waals surface area contributed by atoms with Crippen LogP contribution in [0, 0.1) is 17.2 Å². The van der Waals surface area contributed by atoms with Gasteiger partial charge < -0.3 is 14.7 Å². The molecule has 21 heavy (non-hydrogen) atoms. The fourth-order valence-corrected chi connectivity index (χ4v) is 1.76. The van der Waals surface area contributed by atoms with Crippen molar-refractivity contribution in [2.75, 3.05) is 26.7 Å². The molecule has 0 fully saturated rings. The maximum absolute atomic E-state index is 10.4. The summed E-state index contributed by atoms with van der Waals surface area (Å²) in [5, 5.41) is 17.3. The van der Waals surface area contributed by atoms with Gasteiger partial charge in [-0.25, -0.2) is 4.79 Å². The van der Waals surface area contributed by atoms with Gasteiger partial charge in [-0.15, -0.1) is 0 Å². The van der Waals surface area contributed by atoms with Gasteiger partial charge in [0.25, 0.3) is 0 Å². The molecule has 0 amide bonds. The number of nitriles is 1. The minimum absolute atomic E-state index is 0.00954. The van der Waals surface area contributed by atoms with E-state index in [4.69, 9.17) is 15.1 Å². The lowest BCUT2D eigenvalue weighted by Crippen LogP contribution is -2.28. The number of carboxylic acid groups (broad SMARTS) is 1. The number of carbonyl (C=O) groups is 1. The van der Waals surface area contributed by atoms with Crippen LogP contribution in [0.5, 0.6) is 5.75 Å². The van der Waals surface area contributed by atoms with Crippen molar-refractivity contribution in [1.82, 2.24) is 4.90 Å². The third-order valence-electron chi connectivity index (χ3n) is 2.85. The first-order valence-electron chi connectivity index (χ1n) is 6.73. The Morgan fingerprint density at radius 1 is 1.48 bits per heavy atom. The molecule has 5 nitrogen and oxygen atoms in total. The van der Waals surface area contributed by atoms with E-state index in [1.165, 1.54) is 6.08 Å². The Morgan fingerprint density at radius 3 is 2.71 bits per heavy atom. The molecule has 1 aromatic rings. The zero-order chi connectivity index (χ0) is 15.7. The summed E-state index contributed by atoms with van der Waals surface area (Å²) in [6, 6.07) is 9.41. The lowest BCUT2D eigenvalue weighted by atomic mass is 10.2. The smallest absolute Gasteiger partial charge is 0.328 e. The highest BCUT2D eigenvalue weighted by Gasteiger charge is 2.04. The van der Waals surface area contributed by atoms with E-state index >= 15 is 0 Å². The summed E-state index contributed by atoms with van der Waals surface area (Å²) in [5.41, 5.74) is 0.810. The molecule has 0 saturated carbocycles. The lowest BCUT2D eigenvalue weighted by Gasteiger charge is -2.17. The average Bonchev–Trinajstić information content (AvgIpc) is 2.46. The number of hydrogen-bond donors (Lipinski definition) is 1. The standard InChI is InChI=1S/C16H20N2O3/c1-13(11-17)12-18(2)9-10-21-15-6-3-14(4-7-15)5-8-16(19)20/h3-8,13H,9-10,12H2,1-2H3,(H,19,20). The summed E-state index contributed by atoms with van der Waals surface area (Å²) in [7, 11) is 1.96. The van der Waals surface area contributed by atoms with Gasteiger partial charge in [-0.3, -0.25) is 0 Å². The van der Waals surface area contributed by atoms with Crippen LogP contribution in [-0.2, 0) is 4.79 Å². The Hall–Kier alpha value is -2.32. The number of ether oxygens (including phenoxy) is 1. The predicted octanol–water partition coefficient (Wildman–Crippen LogP) is 2.25. The van der Waals surface area contributed by atoms with E-state index in [2.05, 4.69) is 11.0 Å². The Morgan fingerprint density at radius 2 is 2.14 bits per heavy atom. The van der Waals surface area contributed by atoms with Crippen molar-refractivity contribution in [1.29, 1.82) is 5.26 Å². The first-order valence-corrected chi connectivity index (χ1v) is 6.73. The molecule has 0 saturated heterocycles. The molecule has 0 heterocycles. The molecule has 112 valence electrons. The van der Waals surface area contributed by atoms with Crippen molar-refractivity contribution < 1.29 is 14.6 Å². The van der Waals surface area contributed by atoms with Crippen molar-refractivity contribution in [2.45, 2.75) is 6.92 Å². The maximum Gasteiger partial charge on any atom is 0.328 e. The van der Waals surface area contributed by atoms with Gasteiger partial charge in [0.1, 0.15) is 12.4 Å². The first-order chi connectivity index (χ1) is 10.0. The van der Waals surface area contributed by atoms with E-state index in [1.807, 2.05) is 14.0 Å². The van der Waals surface area contributed by atoms with E-state index in [9.17, 15) is 4.79 Å². The van der Waals surface area contributed by atoms with E-state index in [1.54, 1.807) is 24.3 Å². The van der Waals surface area contributed by atoms with Crippen LogP contribution < -0.4 is 4.74 Å². The molecule has 5 heteroatoms. The Kier molecular flexibility index (Phi) is 6.99. The number of carboxylic acids is 1. The van der Waals surface area contributed by atoms with Crippen LogP contribution in [0.25, 0.3) is 6.08 Å². The molecule has 0 bridgehead atoms. The molecule has 1 aromatic carbocycles. The van der Waals surface area contributed by atoms with Crippen LogP contribution in [0.1, 0.15) is 12.5 Å². The van der Waals surface area contributed by atoms with Crippen molar-refractivity contribution in [2.24, 2.45) is 5.92 Å². The van der Waals surface area contributed by atoms with Gasteiger partial charge in [-0.1, -0.05) is 12.1 Å². The molecule has 0 spiro atoms. The molecule has 0 radical (unpaired) electrons. The van der Waals surface area contributed by atoms with Gasteiger partial charge in [0.15, 0.2) is 0 Å². The summed E-state index contributed by atoms with van der Waals surface area (Å²) < 4.78 is 5.61. The van der Waals surface area contributed by atoms with Gasteiger partial charge in [0, 0.05) is 19.2 Å². The lowest BCUT2D eigenvalue weighted by molar-refractivity contribution is -0.131. The molecule has 1 rings (SSSR count). The second-order valence-corrected chi connectivity index (χ2v) is 4.88. The SMILES string of the molecule is CC(C#N)CN(C)CCOc1ccc(C=CC(=O)O)cc1. The highest BCUT2D eigenvalue weighted by molar-refractivity contribution is 5.85. The summed E-state index contributed by atoms with van der Waals surface area (Å²) in [5.74, 6) is -0.218. The molecule has 0 aliphatic carbocycles. The van der Waals surface area contributed by atoms with Crippen molar-refractivity contribution in [3.8, 4) is 11.8 Å². The van der Waals surface area contributed by atoms with Crippen LogP contribution in [0.3, 0.4) is 0 Å². The third kappa shape index (κ3) is 7.14. The zero-order valence-corrected chi connectivity index (χ0v) is 12.3. The quantitative estimate of drug-likeness (QED) is 0.743. The number of benzene rings is 1. The zero-order valence-electron chi connectivity index (χ0n) is 12.3. The van der Waals surface area contributed by atoms with Crippen LogP contribution in [0.2, 0.25) is 0 Å². The molecule has 1 unspecified atom stereocenters. The molecule has 1 N–H and O–H groups in total. The Balaban J connectivity index is 2.36. The normalized spacial score (nSPS) is 12.3. The second kappa shape index (κ2) is 8.77. The highest BCUT2D eigenvalue weighted by atomic mass is 16.5. The maximum atomic E-state index is 10.4. The van der Waals surface area contributed by atoms with Crippen molar-refractivity contribution in [3.05, 3.63) is 35.9 Å². The topological polar surface area (TPSA) is 73.6 Å². The number of hydrogen-bond acceptors (Lipinski definition) is 4. The Labute approximate surface area is 125 Å². The first kappa shape index (κ1) is 16.7. The van der Waals surface area contributed by atoms with Crippen molar-refractivity contribution in [3.63, 3.8) is 0 Å². The number of aliphatic carboxylic acids is 1. The Bertz CT molecular complexity index is 517. The van der Waals surface area contributed by atoms with Crippen LogP contribution >= 0.6 is 0 Å². The van der Waals surface area contributed by atoms with Gasteiger partial charge >= 0.3 is 5.97 Å². The minimum Gasteiger partial charge on any atom is -0.492 e. The molecule has 0 aromatic heterocycles. The molecule has 0 aliphatic heterocycles. The van der Waals surface area contributed by atoms with E-state index in [0.717, 1.165) is 30.5 Å². The molecule has 1 atom stereocenters. The van der Waals surface area contributed by atoms with Crippen LogP contribution in [-0.4, -0.2) is 42.7 Å². The second-order valence-electron chi connectivity index (χ2n) is 4.88. The third-order valence-corrected chi connectivity index (χ3v) is 2.85. The van der Waals surface area contributed by atoms with Crippen LogP contribution in [0.4, 0.5) is 0 Å². The minimum atomic E-state index is -0.968. The fraction of sp³-hybridized carbons (Fsp3) is 0.375. The van der Waals surface area contributed by atoms with E-state index in [0.29, 0.717) is 6.61 Å². The monoisotopic (exact) mass is 288 g/mol. The van der Waals surface area contributed by atoms with Gasteiger partial charge in [-0.05, 0) is 37.7 Å². The summed E-state index contributed by atoms with van der Waals surface area (Å²) in [6.07, 6.45) is 2.63. The van der Waals surface area contributed by atoms with Crippen LogP contribution in [0.15, 0.2) is 30.3 Å². The van der Waals surface area contributed by atoms with Crippen molar-refractivity contribution >= 4 is 12.0 Å². The van der Waals surface area contributed by atoms with Gasteiger partial charge in [-0.2, -0.15) is 5.26 Å². The summed E-state index contributed by atoms with van der Waals surface area (Å²) in [4.78, 5) is 12.5. The number of nitrogens with zero attached hydrogens (tertiary/aromatic N) is 2. The van der Waals surface area contributed by atoms with E-state index < -0.39 is 5.97 Å². The fourth-order valence-electron chi connectivity index (χ4n) is 1.76. The van der Waals surface area contributed by atoms with E-state index in [-0.39, 0.29) is 5.92 Å². The number of rotatable bonds is 8. The number of likely N-dealkylation sites (N-methyl/N-ethyl adjacent to an activating group) is 1. The highest BCUT2D eigenvalue weighted by Crippen LogP contribution is 2.13. The largest absolute Gasteiger partial charge is 0.492 e. The van der Waals surface area contributed by atoms with Gasteiger partial charge in [0.05, 0.1) is 12.0 Å². The molecular formula is C16H20N2O3. The predicted molar refractivity (Wildman–Crippen MR) is 80.9 cm³/mol. The molecular weight excluding hydrogens is 268 g/mol. The average molecular weight is 288 g/mol. The van der Waals surface area contributed by atoms with Gasteiger partial charge in [0.2, 0.25) is 0 Å².